The molecule has 1 rings (SSSR count). The zero-order valence-electron chi connectivity index (χ0n) is 14.2. The molecule has 0 bridgehead atoms. The number of hydrogen-bond donors (Lipinski definition) is 1. The Bertz CT molecular complexity index is 576. The van der Waals surface area contributed by atoms with E-state index in [9.17, 15) is 18.0 Å². The summed E-state index contributed by atoms with van der Waals surface area (Å²) in [4.78, 5) is 12.4. The van der Waals surface area contributed by atoms with E-state index < -0.39 is 29.7 Å². The summed E-state index contributed by atoms with van der Waals surface area (Å²) in [5.41, 5.74) is -3.87. The Morgan fingerprint density at radius 2 is 1.75 bits per heavy atom. The lowest BCUT2D eigenvalue weighted by atomic mass is 9.93. The van der Waals surface area contributed by atoms with Gasteiger partial charge in [-0.2, -0.15) is 13.2 Å². The van der Waals surface area contributed by atoms with Gasteiger partial charge < -0.3 is 14.8 Å². The van der Waals surface area contributed by atoms with Crippen molar-refractivity contribution < 1.29 is 27.4 Å². The highest BCUT2D eigenvalue weighted by Crippen LogP contribution is 2.39. The SMILES string of the molecule is C=CCC(Nc1ccc(OC)cc1)(C(=O)OC(C)(C)C)C(F)(F)F. The van der Waals surface area contributed by atoms with Gasteiger partial charge in [-0.1, -0.05) is 6.08 Å². The first-order chi connectivity index (χ1) is 10.9. The maximum Gasteiger partial charge on any atom is 0.422 e. The van der Waals surface area contributed by atoms with Crippen molar-refractivity contribution in [2.45, 2.75) is 44.5 Å². The minimum absolute atomic E-state index is 0.112. The maximum absolute atomic E-state index is 13.8. The number of nitrogens with one attached hydrogen (secondary N) is 1. The van der Waals surface area contributed by atoms with Gasteiger partial charge in [-0.15, -0.1) is 6.58 Å². The molecule has 1 aromatic rings. The molecule has 0 aliphatic heterocycles. The topological polar surface area (TPSA) is 47.6 Å². The van der Waals surface area contributed by atoms with E-state index in [-0.39, 0.29) is 5.69 Å². The monoisotopic (exact) mass is 345 g/mol. The fraction of sp³-hybridized carbons (Fsp3) is 0.471. The molecule has 0 saturated heterocycles. The summed E-state index contributed by atoms with van der Waals surface area (Å²) in [6.07, 6.45) is -4.52. The second-order valence-corrected chi connectivity index (χ2v) is 6.25. The molecular weight excluding hydrogens is 323 g/mol. The van der Waals surface area contributed by atoms with Gasteiger partial charge in [-0.25, -0.2) is 4.79 Å². The molecule has 0 amide bonds. The van der Waals surface area contributed by atoms with Crippen LogP contribution in [-0.4, -0.2) is 30.4 Å². The number of benzene rings is 1. The van der Waals surface area contributed by atoms with Crippen molar-refractivity contribution in [1.29, 1.82) is 0 Å². The number of anilines is 1. The normalized spacial score (nSPS) is 14.5. The third-order valence-corrected chi connectivity index (χ3v) is 3.13. The van der Waals surface area contributed by atoms with E-state index in [1.165, 1.54) is 52.1 Å². The van der Waals surface area contributed by atoms with Gasteiger partial charge in [0.15, 0.2) is 0 Å². The van der Waals surface area contributed by atoms with E-state index in [1.54, 1.807) is 0 Å². The highest BCUT2D eigenvalue weighted by atomic mass is 19.4. The van der Waals surface area contributed by atoms with Crippen molar-refractivity contribution in [1.82, 2.24) is 0 Å². The Kier molecular flexibility index (Phi) is 5.92. The van der Waals surface area contributed by atoms with Gasteiger partial charge in [-0.3, -0.25) is 0 Å². The van der Waals surface area contributed by atoms with Gasteiger partial charge in [0.1, 0.15) is 11.4 Å². The third kappa shape index (κ3) is 4.66. The number of rotatable bonds is 6. The number of esters is 1. The second-order valence-electron chi connectivity index (χ2n) is 6.25. The summed E-state index contributed by atoms with van der Waals surface area (Å²) in [5.74, 6) is -0.919. The summed E-state index contributed by atoms with van der Waals surface area (Å²) in [6, 6.07) is 5.78. The fourth-order valence-electron chi connectivity index (χ4n) is 1.99. The third-order valence-electron chi connectivity index (χ3n) is 3.13. The van der Waals surface area contributed by atoms with Crippen LogP contribution in [0.5, 0.6) is 5.75 Å². The number of alkyl halides is 3. The summed E-state index contributed by atoms with van der Waals surface area (Å²) >= 11 is 0. The number of carbonyl (C=O) groups is 1. The minimum atomic E-state index is -4.89. The molecule has 1 atom stereocenters. The van der Waals surface area contributed by atoms with Crippen molar-refractivity contribution >= 4 is 11.7 Å². The van der Waals surface area contributed by atoms with Crippen LogP contribution in [0.2, 0.25) is 0 Å². The number of halogens is 3. The van der Waals surface area contributed by atoms with Crippen LogP contribution in [0, 0.1) is 0 Å². The number of carbonyl (C=O) groups excluding carboxylic acids is 1. The van der Waals surface area contributed by atoms with Crippen molar-refractivity contribution in [2.24, 2.45) is 0 Å². The van der Waals surface area contributed by atoms with Gasteiger partial charge in [0.25, 0.3) is 0 Å². The first kappa shape index (κ1) is 19.9. The molecule has 1 N–H and O–H groups in total. The lowest BCUT2D eigenvalue weighted by Gasteiger charge is -2.36. The quantitative estimate of drug-likeness (QED) is 0.616. The van der Waals surface area contributed by atoms with Crippen LogP contribution < -0.4 is 10.1 Å². The van der Waals surface area contributed by atoms with Gasteiger partial charge in [0, 0.05) is 12.1 Å². The van der Waals surface area contributed by atoms with E-state index >= 15 is 0 Å². The Hall–Kier alpha value is -2.18. The smallest absolute Gasteiger partial charge is 0.422 e. The number of ether oxygens (including phenoxy) is 2. The molecule has 4 nitrogen and oxygen atoms in total. The van der Waals surface area contributed by atoms with Crippen molar-refractivity contribution in [3.63, 3.8) is 0 Å². The first-order valence-electron chi connectivity index (χ1n) is 7.28. The van der Waals surface area contributed by atoms with Crippen molar-refractivity contribution in [3.8, 4) is 5.75 Å². The van der Waals surface area contributed by atoms with Crippen LogP contribution in [0.15, 0.2) is 36.9 Å². The largest absolute Gasteiger partial charge is 0.497 e. The lowest BCUT2D eigenvalue weighted by molar-refractivity contribution is -0.206. The van der Waals surface area contributed by atoms with E-state index in [0.29, 0.717) is 5.75 Å². The van der Waals surface area contributed by atoms with Crippen molar-refractivity contribution in [3.05, 3.63) is 36.9 Å². The molecule has 24 heavy (non-hydrogen) atoms. The predicted molar refractivity (Wildman–Crippen MR) is 86.1 cm³/mol. The first-order valence-corrected chi connectivity index (χ1v) is 7.28. The molecule has 0 aliphatic carbocycles. The van der Waals surface area contributed by atoms with E-state index in [1.807, 2.05) is 0 Å². The molecule has 7 heteroatoms. The molecule has 1 aromatic carbocycles. The Labute approximate surface area is 139 Å². The minimum Gasteiger partial charge on any atom is -0.497 e. The van der Waals surface area contributed by atoms with Gasteiger partial charge >= 0.3 is 12.1 Å². The van der Waals surface area contributed by atoms with Crippen LogP contribution >= 0.6 is 0 Å². The molecule has 0 fully saturated rings. The van der Waals surface area contributed by atoms with Gasteiger partial charge in [0.2, 0.25) is 5.54 Å². The molecule has 0 spiro atoms. The summed E-state index contributed by atoms with van der Waals surface area (Å²) in [7, 11) is 1.45. The molecule has 0 aliphatic rings. The number of methoxy groups -OCH3 is 1. The highest BCUT2D eigenvalue weighted by molar-refractivity contribution is 5.86. The number of hydrogen-bond acceptors (Lipinski definition) is 4. The second kappa shape index (κ2) is 7.15. The molecular formula is C17H22F3NO3. The Morgan fingerprint density at radius 3 is 2.12 bits per heavy atom. The zero-order valence-corrected chi connectivity index (χ0v) is 14.2. The average Bonchev–Trinajstić information content (AvgIpc) is 2.44. The molecule has 0 saturated carbocycles. The Balaban J connectivity index is 3.29. The predicted octanol–water partition coefficient (Wildman–Crippen LogP) is 4.33. The summed E-state index contributed by atoms with van der Waals surface area (Å²) in [5, 5.41) is 2.28. The van der Waals surface area contributed by atoms with Crippen LogP contribution in [0.4, 0.5) is 18.9 Å². The van der Waals surface area contributed by atoms with Crippen LogP contribution in [0.25, 0.3) is 0 Å². The van der Waals surface area contributed by atoms with Crippen LogP contribution in [0.3, 0.4) is 0 Å². The van der Waals surface area contributed by atoms with E-state index in [2.05, 4.69) is 11.9 Å². The maximum atomic E-state index is 13.8. The van der Waals surface area contributed by atoms with Crippen LogP contribution in [-0.2, 0) is 9.53 Å². The highest BCUT2D eigenvalue weighted by Gasteiger charge is 2.61. The standard InChI is InChI=1S/C17H22F3NO3/c1-6-11-16(17(18,19)20,14(22)24-15(2,3)4)21-12-7-9-13(23-5)10-8-12/h6-10,21H,1,11H2,2-5H3. The Morgan fingerprint density at radius 1 is 1.21 bits per heavy atom. The molecule has 134 valence electrons. The lowest BCUT2D eigenvalue weighted by Crippen LogP contribution is -2.59. The summed E-state index contributed by atoms with van der Waals surface area (Å²) in [6.45, 7) is 7.86. The zero-order chi connectivity index (χ0) is 18.6. The molecule has 0 radical (unpaired) electrons. The van der Waals surface area contributed by atoms with Gasteiger partial charge in [-0.05, 0) is 45.0 Å². The van der Waals surface area contributed by atoms with Gasteiger partial charge in [0.05, 0.1) is 7.11 Å². The van der Waals surface area contributed by atoms with Crippen molar-refractivity contribution in [2.75, 3.05) is 12.4 Å². The molecule has 1 unspecified atom stereocenters. The van der Waals surface area contributed by atoms with E-state index in [4.69, 9.17) is 9.47 Å². The molecule has 0 aromatic heterocycles. The van der Waals surface area contributed by atoms with Crippen LogP contribution in [0.1, 0.15) is 27.2 Å². The average molecular weight is 345 g/mol. The molecule has 0 heterocycles. The summed E-state index contributed by atoms with van der Waals surface area (Å²) < 4.78 is 51.3. The van der Waals surface area contributed by atoms with E-state index in [0.717, 1.165) is 6.08 Å². The fourth-order valence-corrected chi connectivity index (χ4v) is 1.99.